The molecule has 2 fully saturated rings. The first-order valence-corrected chi connectivity index (χ1v) is 9.28. The SMILES string of the molecule is CCCN(CC(=O)Nc1ccccc1C)C(=O)[C@@H]1CC12CCOCC2. The van der Waals surface area contributed by atoms with Gasteiger partial charge in [-0.1, -0.05) is 25.1 Å². The molecular weight excluding hydrogens is 316 g/mol. The van der Waals surface area contributed by atoms with Crippen molar-refractivity contribution in [3.8, 4) is 0 Å². The number of carbonyl (C=O) groups excluding carboxylic acids is 2. The van der Waals surface area contributed by atoms with Crippen LogP contribution in [0.4, 0.5) is 5.69 Å². The first-order valence-electron chi connectivity index (χ1n) is 9.28. The molecule has 1 aliphatic carbocycles. The maximum absolute atomic E-state index is 12.9. The lowest BCUT2D eigenvalue weighted by Gasteiger charge is -2.26. The molecule has 1 spiro atoms. The molecule has 1 saturated carbocycles. The van der Waals surface area contributed by atoms with Crippen LogP contribution in [-0.4, -0.2) is 43.0 Å². The van der Waals surface area contributed by atoms with E-state index in [1.807, 2.05) is 38.1 Å². The van der Waals surface area contributed by atoms with E-state index in [0.717, 1.165) is 50.1 Å². The lowest BCUT2D eigenvalue weighted by Crippen LogP contribution is -2.40. The fourth-order valence-electron chi connectivity index (χ4n) is 3.86. The third-order valence-electron chi connectivity index (χ3n) is 5.54. The second-order valence-corrected chi connectivity index (χ2v) is 7.35. The molecule has 1 aromatic rings. The number of hydrogen-bond acceptors (Lipinski definition) is 3. The predicted octanol–water partition coefficient (Wildman–Crippen LogP) is 2.99. The van der Waals surface area contributed by atoms with E-state index in [-0.39, 0.29) is 29.7 Å². The number of rotatable bonds is 6. The van der Waals surface area contributed by atoms with Gasteiger partial charge in [0.25, 0.3) is 0 Å². The fraction of sp³-hybridized carbons (Fsp3) is 0.600. The van der Waals surface area contributed by atoms with Gasteiger partial charge in [-0.15, -0.1) is 0 Å². The van der Waals surface area contributed by atoms with E-state index in [2.05, 4.69) is 5.32 Å². The summed E-state index contributed by atoms with van der Waals surface area (Å²) in [5, 5.41) is 2.93. The minimum atomic E-state index is -0.127. The maximum atomic E-state index is 12.9. The maximum Gasteiger partial charge on any atom is 0.244 e. The molecule has 25 heavy (non-hydrogen) atoms. The van der Waals surface area contributed by atoms with E-state index in [1.54, 1.807) is 4.90 Å². The second-order valence-electron chi connectivity index (χ2n) is 7.35. The minimum Gasteiger partial charge on any atom is -0.381 e. The quantitative estimate of drug-likeness (QED) is 0.863. The molecule has 1 N–H and O–H groups in total. The predicted molar refractivity (Wildman–Crippen MR) is 97.3 cm³/mol. The van der Waals surface area contributed by atoms with Gasteiger partial charge >= 0.3 is 0 Å². The number of nitrogens with zero attached hydrogens (tertiary/aromatic N) is 1. The van der Waals surface area contributed by atoms with Gasteiger partial charge in [0.15, 0.2) is 0 Å². The number of carbonyl (C=O) groups is 2. The van der Waals surface area contributed by atoms with Crippen LogP contribution in [0.3, 0.4) is 0 Å². The Balaban J connectivity index is 1.60. The number of amides is 2. The van der Waals surface area contributed by atoms with Crippen molar-refractivity contribution in [3.63, 3.8) is 0 Å². The summed E-state index contributed by atoms with van der Waals surface area (Å²) in [5.41, 5.74) is 1.98. The van der Waals surface area contributed by atoms with Crippen molar-refractivity contribution in [2.75, 3.05) is 31.6 Å². The number of para-hydroxylation sites is 1. The second kappa shape index (κ2) is 7.56. The van der Waals surface area contributed by atoms with Gasteiger partial charge in [0.2, 0.25) is 11.8 Å². The third kappa shape index (κ3) is 4.03. The first-order chi connectivity index (χ1) is 12.1. The monoisotopic (exact) mass is 344 g/mol. The molecule has 0 bridgehead atoms. The topological polar surface area (TPSA) is 58.6 Å². The van der Waals surface area contributed by atoms with Crippen LogP contribution in [0.25, 0.3) is 0 Å². The van der Waals surface area contributed by atoms with Gasteiger partial charge in [0, 0.05) is 31.4 Å². The van der Waals surface area contributed by atoms with Crippen LogP contribution in [0.1, 0.15) is 38.2 Å². The molecule has 1 atom stereocenters. The number of anilines is 1. The zero-order valence-corrected chi connectivity index (χ0v) is 15.2. The highest BCUT2D eigenvalue weighted by atomic mass is 16.5. The summed E-state index contributed by atoms with van der Waals surface area (Å²) < 4.78 is 5.43. The summed E-state index contributed by atoms with van der Waals surface area (Å²) in [6.07, 6.45) is 3.75. The Bertz CT molecular complexity index is 638. The molecule has 1 saturated heterocycles. The van der Waals surface area contributed by atoms with Crippen molar-refractivity contribution < 1.29 is 14.3 Å². The summed E-state index contributed by atoms with van der Waals surface area (Å²) >= 11 is 0. The van der Waals surface area contributed by atoms with Crippen LogP contribution < -0.4 is 5.32 Å². The molecule has 1 heterocycles. The van der Waals surface area contributed by atoms with Gasteiger partial charge in [-0.05, 0) is 49.7 Å². The zero-order chi connectivity index (χ0) is 17.9. The van der Waals surface area contributed by atoms with Crippen LogP contribution >= 0.6 is 0 Å². The van der Waals surface area contributed by atoms with Crippen LogP contribution in [0.5, 0.6) is 0 Å². The summed E-state index contributed by atoms with van der Waals surface area (Å²) in [7, 11) is 0. The van der Waals surface area contributed by atoms with Gasteiger partial charge in [-0.25, -0.2) is 0 Å². The molecule has 1 aromatic carbocycles. The highest BCUT2D eigenvalue weighted by Gasteiger charge is 2.58. The summed E-state index contributed by atoms with van der Waals surface area (Å²) in [4.78, 5) is 27.1. The van der Waals surface area contributed by atoms with Gasteiger partial charge < -0.3 is 15.0 Å². The number of hydrogen-bond donors (Lipinski definition) is 1. The molecule has 1 aliphatic heterocycles. The fourth-order valence-corrected chi connectivity index (χ4v) is 3.86. The third-order valence-corrected chi connectivity index (χ3v) is 5.54. The number of nitrogens with one attached hydrogen (secondary N) is 1. The van der Waals surface area contributed by atoms with E-state index in [4.69, 9.17) is 4.74 Å². The molecule has 0 radical (unpaired) electrons. The Kier molecular flexibility index (Phi) is 5.42. The van der Waals surface area contributed by atoms with Crippen molar-refractivity contribution in [2.45, 2.75) is 39.5 Å². The van der Waals surface area contributed by atoms with E-state index in [0.29, 0.717) is 6.54 Å². The normalized spacial score (nSPS) is 21.0. The van der Waals surface area contributed by atoms with Crippen molar-refractivity contribution in [1.82, 2.24) is 4.90 Å². The lowest BCUT2D eigenvalue weighted by molar-refractivity contribution is -0.137. The average Bonchev–Trinajstić information content (AvgIpc) is 3.29. The molecule has 5 heteroatoms. The van der Waals surface area contributed by atoms with E-state index in [1.165, 1.54) is 0 Å². The molecule has 3 rings (SSSR count). The van der Waals surface area contributed by atoms with Gasteiger partial charge in [-0.3, -0.25) is 9.59 Å². The van der Waals surface area contributed by atoms with Crippen LogP contribution in [0, 0.1) is 18.3 Å². The zero-order valence-electron chi connectivity index (χ0n) is 15.2. The Morgan fingerprint density at radius 1 is 1.28 bits per heavy atom. The molecule has 2 amide bonds. The Morgan fingerprint density at radius 2 is 2.00 bits per heavy atom. The largest absolute Gasteiger partial charge is 0.381 e. The number of ether oxygens (including phenoxy) is 1. The lowest BCUT2D eigenvalue weighted by atomic mass is 9.93. The van der Waals surface area contributed by atoms with Crippen LogP contribution in [0.2, 0.25) is 0 Å². The van der Waals surface area contributed by atoms with Crippen molar-refractivity contribution in [2.24, 2.45) is 11.3 Å². The summed E-state index contributed by atoms with van der Waals surface area (Å²) in [5.74, 6) is 0.0932. The van der Waals surface area contributed by atoms with Gasteiger partial charge in [0.05, 0.1) is 6.54 Å². The Hall–Kier alpha value is -1.88. The molecule has 136 valence electrons. The highest BCUT2D eigenvalue weighted by Crippen LogP contribution is 2.59. The van der Waals surface area contributed by atoms with E-state index < -0.39 is 0 Å². The number of benzene rings is 1. The molecular formula is C20H28N2O3. The first kappa shape index (κ1) is 17.9. The van der Waals surface area contributed by atoms with Crippen molar-refractivity contribution in [3.05, 3.63) is 29.8 Å². The van der Waals surface area contributed by atoms with Gasteiger partial charge in [0.1, 0.15) is 0 Å². The Labute approximate surface area is 149 Å². The van der Waals surface area contributed by atoms with E-state index >= 15 is 0 Å². The van der Waals surface area contributed by atoms with Crippen molar-refractivity contribution >= 4 is 17.5 Å². The minimum absolute atomic E-state index is 0.0780. The molecule has 5 nitrogen and oxygen atoms in total. The van der Waals surface area contributed by atoms with Gasteiger partial charge in [-0.2, -0.15) is 0 Å². The highest BCUT2D eigenvalue weighted by molar-refractivity contribution is 5.95. The molecule has 2 aliphatic rings. The Morgan fingerprint density at radius 3 is 2.68 bits per heavy atom. The standard InChI is InChI=1S/C20H28N2O3/c1-3-10-22(14-18(23)21-17-7-5-4-6-15(17)2)19(24)16-13-20(16)8-11-25-12-9-20/h4-7,16H,3,8-14H2,1-2H3,(H,21,23)/t16-/m0/s1. The average molecular weight is 344 g/mol. The molecule has 0 unspecified atom stereocenters. The van der Waals surface area contributed by atoms with Crippen molar-refractivity contribution in [1.29, 1.82) is 0 Å². The van der Waals surface area contributed by atoms with Crippen LogP contribution in [-0.2, 0) is 14.3 Å². The van der Waals surface area contributed by atoms with Crippen LogP contribution in [0.15, 0.2) is 24.3 Å². The smallest absolute Gasteiger partial charge is 0.244 e. The summed E-state index contributed by atoms with van der Waals surface area (Å²) in [6.45, 7) is 6.27. The summed E-state index contributed by atoms with van der Waals surface area (Å²) in [6, 6.07) is 7.69. The number of aryl methyl sites for hydroxylation is 1. The molecule has 0 aromatic heterocycles. The van der Waals surface area contributed by atoms with E-state index in [9.17, 15) is 9.59 Å².